The summed E-state index contributed by atoms with van der Waals surface area (Å²) in [4.78, 5) is 33.5. The Kier molecular flexibility index (Phi) is 4.42. The van der Waals surface area contributed by atoms with Gasteiger partial charge in [0.15, 0.2) is 0 Å². The van der Waals surface area contributed by atoms with Crippen LogP contribution in [0.4, 0.5) is 0 Å². The summed E-state index contributed by atoms with van der Waals surface area (Å²) in [5, 5.41) is 7.29. The third kappa shape index (κ3) is 3.20. The topological polar surface area (TPSA) is 99.7 Å². The van der Waals surface area contributed by atoms with Crippen molar-refractivity contribution in [2.45, 2.75) is 25.2 Å². The van der Waals surface area contributed by atoms with Crippen molar-refractivity contribution in [3.8, 4) is 0 Å². The molecule has 2 aromatic heterocycles. The van der Waals surface area contributed by atoms with Crippen molar-refractivity contribution in [1.29, 1.82) is 0 Å². The molecular formula is C18H22N6O2. The number of nitrogens with one attached hydrogen (secondary N) is 2. The molecule has 1 aromatic carbocycles. The summed E-state index contributed by atoms with van der Waals surface area (Å²) in [6, 6.07) is 7.40. The van der Waals surface area contributed by atoms with Gasteiger partial charge in [0, 0.05) is 25.9 Å². The van der Waals surface area contributed by atoms with E-state index in [2.05, 4.69) is 25.1 Å². The van der Waals surface area contributed by atoms with Gasteiger partial charge in [-0.1, -0.05) is 12.1 Å². The highest BCUT2D eigenvalue weighted by Gasteiger charge is 2.24. The molecule has 3 heterocycles. The van der Waals surface area contributed by atoms with Gasteiger partial charge in [-0.15, -0.1) is 0 Å². The molecule has 2 N–H and O–H groups in total. The molecule has 0 saturated carbocycles. The second kappa shape index (κ2) is 6.87. The summed E-state index contributed by atoms with van der Waals surface area (Å²) in [6.45, 7) is 2.75. The smallest absolute Gasteiger partial charge is 0.310 e. The maximum absolute atomic E-state index is 12.1. The Labute approximate surface area is 149 Å². The average molecular weight is 354 g/mol. The molecular weight excluding hydrogens is 332 g/mol. The van der Waals surface area contributed by atoms with Crippen LogP contribution in [0, 0.1) is 0 Å². The number of likely N-dealkylation sites (tertiary alicyclic amines) is 1. The van der Waals surface area contributed by atoms with Crippen LogP contribution in [0.15, 0.2) is 33.9 Å². The van der Waals surface area contributed by atoms with E-state index in [9.17, 15) is 9.59 Å². The Bertz CT molecular complexity index is 1030. The highest BCUT2D eigenvalue weighted by atomic mass is 16.1. The third-order valence-electron chi connectivity index (χ3n) is 5.19. The molecule has 0 atom stereocenters. The zero-order valence-electron chi connectivity index (χ0n) is 14.7. The van der Waals surface area contributed by atoms with Gasteiger partial charge in [-0.05, 0) is 38.1 Å². The predicted octanol–water partition coefficient (Wildman–Crippen LogP) is 0.767. The van der Waals surface area contributed by atoms with Crippen molar-refractivity contribution in [3.05, 3.63) is 56.8 Å². The first kappa shape index (κ1) is 16.7. The fraction of sp³-hybridized carbons (Fsp3) is 0.444. The molecule has 0 bridgehead atoms. The number of benzene rings is 1. The SMILES string of the molecule is Cn1c(C2CCN(CCc3nc4ccccc4c(=O)[nH]3)CC2)n[nH]c1=O. The van der Waals surface area contributed by atoms with Crippen LogP contribution in [-0.4, -0.2) is 49.3 Å². The molecule has 0 spiro atoms. The molecule has 3 aromatic rings. The third-order valence-corrected chi connectivity index (χ3v) is 5.19. The van der Waals surface area contributed by atoms with Crippen LogP contribution in [-0.2, 0) is 13.5 Å². The molecule has 0 radical (unpaired) electrons. The summed E-state index contributed by atoms with van der Waals surface area (Å²) >= 11 is 0. The molecule has 0 amide bonds. The highest BCUT2D eigenvalue weighted by Crippen LogP contribution is 2.25. The number of para-hydroxylation sites is 1. The lowest BCUT2D eigenvalue weighted by Gasteiger charge is -2.31. The van der Waals surface area contributed by atoms with Gasteiger partial charge in [0.25, 0.3) is 5.56 Å². The zero-order valence-corrected chi connectivity index (χ0v) is 14.7. The van der Waals surface area contributed by atoms with Crippen molar-refractivity contribution in [3.63, 3.8) is 0 Å². The fourth-order valence-electron chi connectivity index (χ4n) is 3.66. The van der Waals surface area contributed by atoms with E-state index >= 15 is 0 Å². The Morgan fingerprint density at radius 2 is 1.96 bits per heavy atom. The van der Waals surface area contributed by atoms with Crippen LogP contribution in [0.25, 0.3) is 10.9 Å². The van der Waals surface area contributed by atoms with Gasteiger partial charge in [0.2, 0.25) is 0 Å². The minimum atomic E-state index is -0.159. The van der Waals surface area contributed by atoms with E-state index in [0.717, 1.165) is 49.6 Å². The first-order valence-corrected chi connectivity index (χ1v) is 8.93. The van der Waals surface area contributed by atoms with Crippen molar-refractivity contribution < 1.29 is 0 Å². The van der Waals surface area contributed by atoms with E-state index in [4.69, 9.17) is 0 Å². The van der Waals surface area contributed by atoms with E-state index in [0.29, 0.717) is 17.7 Å². The monoisotopic (exact) mass is 354 g/mol. The highest BCUT2D eigenvalue weighted by molar-refractivity contribution is 5.77. The van der Waals surface area contributed by atoms with Crippen molar-refractivity contribution in [1.82, 2.24) is 29.6 Å². The fourth-order valence-corrected chi connectivity index (χ4v) is 3.66. The molecule has 1 aliphatic heterocycles. The largest absolute Gasteiger partial charge is 0.343 e. The Balaban J connectivity index is 1.37. The number of aromatic nitrogens is 5. The molecule has 8 nitrogen and oxygen atoms in total. The molecule has 136 valence electrons. The van der Waals surface area contributed by atoms with Gasteiger partial charge >= 0.3 is 5.69 Å². The molecule has 4 rings (SSSR count). The number of nitrogens with zero attached hydrogens (tertiary/aromatic N) is 4. The number of piperidine rings is 1. The molecule has 0 aliphatic carbocycles. The van der Waals surface area contributed by atoms with Crippen LogP contribution < -0.4 is 11.2 Å². The minimum absolute atomic E-state index is 0.0799. The Morgan fingerprint density at radius 3 is 2.69 bits per heavy atom. The Morgan fingerprint density at radius 1 is 1.19 bits per heavy atom. The number of rotatable bonds is 4. The molecule has 26 heavy (non-hydrogen) atoms. The number of fused-ring (bicyclic) bond motifs is 1. The first-order valence-electron chi connectivity index (χ1n) is 8.93. The van der Waals surface area contributed by atoms with E-state index in [-0.39, 0.29) is 11.2 Å². The minimum Gasteiger partial charge on any atom is -0.310 e. The van der Waals surface area contributed by atoms with Crippen LogP contribution in [0.5, 0.6) is 0 Å². The van der Waals surface area contributed by atoms with Gasteiger partial charge in [-0.2, -0.15) is 5.10 Å². The lowest BCUT2D eigenvalue weighted by atomic mass is 9.96. The van der Waals surface area contributed by atoms with E-state index in [1.807, 2.05) is 18.2 Å². The molecule has 1 aliphatic rings. The summed E-state index contributed by atoms with van der Waals surface area (Å²) in [6.07, 6.45) is 2.66. The number of hydrogen-bond donors (Lipinski definition) is 2. The van der Waals surface area contributed by atoms with Crippen LogP contribution in [0.1, 0.15) is 30.4 Å². The van der Waals surface area contributed by atoms with E-state index in [1.165, 1.54) is 0 Å². The summed E-state index contributed by atoms with van der Waals surface area (Å²) in [5.41, 5.74) is 0.502. The average Bonchev–Trinajstić information content (AvgIpc) is 2.99. The van der Waals surface area contributed by atoms with Crippen LogP contribution in [0.2, 0.25) is 0 Å². The number of aromatic amines is 2. The number of H-pyrrole nitrogens is 2. The van der Waals surface area contributed by atoms with Crippen molar-refractivity contribution in [2.75, 3.05) is 19.6 Å². The summed E-state index contributed by atoms with van der Waals surface area (Å²) in [5.74, 6) is 1.88. The van der Waals surface area contributed by atoms with Gasteiger partial charge in [0.05, 0.1) is 10.9 Å². The second-order valence-electron chi connectivity index (χ2n) is 6.84. The quantitative estimate of drug-likeness (QED) is 0.721. The van der Waals surface area contributed by atoms with Crippen molar-refractivity contribution in [2.24, 2.45) is 7.05 Å². The normalized spacial score (nSPS) is 16.3. The van der Waals surface area contributed by atoms with Gasteiger partial charge in [0.1, 0.15) is 11.6 Å². The van der Waals surface area contributed by atoms with Gasteiger partial charge in [-0.25, -0.2) is 14.9 Å². The molecule has 8 heteroatoms. The van der Waals surface area contributed by atoms with Crippen molar-refractivity contribution >= 4 is 10.9 Å². The zero-order chi connectivity index (χ0) is 18.1. The number of hydrogen-bond acceptors (Lipinski definition) is 5. The van der Waals surface area contributed by atoms with Crippen LogP contribution in [0.3, 0.4) is 0 Å². The predicted molar refractivity (Wildman–Crippen MR) is 98.3 cm³/mol. The van der Waals surface area contributed by atoms with Gasteiger partial charge < -0.3 is 9.88 Å². The molecule has 0 unspecified atom stereocenters. The summed E-state index contributed by atoms with van der Waals surface area (Å²) in [7, 11) is 1.76. The first-order chi connectivity index (χ1) is 12.6. The lowest BCUT2D eigenvalue weighted by Crippen LogP contribution is -2.35. The maximum atomic E-state index is 12.1. The standard InChI is InChI=1S/C18H22N6O2/c1-23-16(21-22-18(23)26)12-6-9-24(10-7-12)11-8-15-19-14-5-3-2-4-13(14)17(25)20-15/h2-5,12H,6-11H2,1H3,(H,22,26)(H,19,20,25). The maximum Gasteiger partial charge on any atom is 0.343 e. The summed E-state index contributed by atoms with van der Waals surface area (Å²) < 4.78 is 1.60. The second-order valence-corrected chi connectivity index (χ2v) is 6.84. The Hall–Kier alpha value is -2.74. The molecule has 1 fully saturated rings. The lowest BCUT2D eigenvalue weighted by molar-refractivity contribution is 0.209. The van der Waals surface area contributed by atoms with E-state index in [1.54, 1.807) is 17.7 Å². The van der Waals surface area contributed by atoms with Crippen LogP contribution >= 0.6 is 0 Å². The van der Waals surface area contributed by atoms with Gasteiger partial charge in [-0.3, -0.25) is 9.36 Å². The van der Waals surface area contributed by atoms with E-state index < -0.39 is 0 Å². The molecule has 1 saturated heterocycles.